The van der Waals surface area contributed by atoms with Gasteiger partial charge in [-0.1, -0.05) is 18.0 Å². The maximum absolute atomic E-state index is 12.3. The van der Waals surface area contributed by atoms with Crippen LogP contribution in [-0.4, -0.2) is 56.0 Å². The highest BCUT2D eigenvalue weighted by molar-refractivity contribution is 6.30. The molecule has 25 heavy (non-hydrogen) atoms. The lowest BCUT2D eigenvalue weighted by molar-refractivity contribution is -0.129. The maximum atomic E-state index is 12.3. The van der Waals surface area contributed by atoms with E-state index in [1.807, 2.05) is 29.2 Å². The van der Waals surface area contributed by atoms with Crippen molar-refractivity contribution in [2.24, 2.45) is 16.6 Å². The maximum Gasteiger partial charge on any atom is 0.244 e. The Kier molecular flexibility index (Phi) is 6.02. The van der Waals surface area contributed by atoms with Crippen LogP contribution in [0.3, 0.4) is 0 Å². The normalized spacial score (nSPS) is 18.8. The van der Waals surface area contributed by atoms with E-state index in [9.17, 15) is 4.79 Å². The molecule has 1 aromatic rings. The molecular formula is C18H26ClN5O. The summed E-state index contributed by atoms with van der Waals surface area (Å²) in [4.78, 5) is 20.6. The van der Waals surface area contributed by atoms with E-state index in [4.69, 9.17) is 17.3 Å². The predicted octanol–water partition coefficient (Wildman–Crippen LogP) is 1.69. The Bertz CT molecular complexity index is 606. The summed E-state index contributed by atoms with van der Waals surface area (Å²) < 4.78 is 0. The van der Waals surface area contributed by atoms with E-state index in [-0.39, 0.29) is 12.5 Å². The van der Waals surface area contributed by atoms with E-state index in [1.165, 1.54) is 19.3 Å². The molecule has 2 aliphatic rings. The van der Waals surface area contributed by atoms with Gasteiger partial charge in [-0.25, -0.2) is 4.99 Å². The Balaban J connectivity index is 1.40. The number of anilines is 1. The van der Waals surface area contributed by atoms with E-state index >= 15 is 0 Å². The first-order valence-electron chi connectivity index (χ1n) is 8.94. The van der Waals surface area contributed by atoms with Gasteiger partial charge in [-0.05, 0) is 43.0 Å². The zero-order valence-electron chi connectivity index (χ0n) is 14.5. The molecular weight excluding hydrogens is 338 g/mol. The van der Waals surface area contributed by atoms with Crippen LogP contribution in [0.4, 0.5) is 5.69 Å². The summed E-state index contributed by atoms with van der Waals surface area (Å²) >= 11 is 5.93. The first-order valence-corrected chi connectivity index (χ1v) is 9.31. The minimum atomic E-state index is 0.0316. The molecule has 0 aromatic heterocycles. The predicted molar refractivity (Wildman–Crippen MR) is 102 cm³/mol. The molecule has 1 saturated heterocycles. The number of carbonyl (C=O) groups is 1. The van der Waals surface area contributed by atoms with Crippen molar-refractivity contribution in [2.75, 3.05) is 44.2 Å². The third-order valence-electron chi connectivity index (χ3n) is 5.01. The molecule has 2 fully saturated rings. The molecule has 0 spiro atoms. The lowest BCUT2D eigenvalue weighted by atomic mass is 9.85. The van der Waals surface area contributed by atoms with Gasteiger partial charge in [0.2, 0.25) is 5.91 Å². The number of carbonyl (C=O) groups excluding carboxylic acids is 1. The topological polar surface area (TPSA) is 74.0 Å². The molecule has 0 atom stereocenters. The quantitative estimate of drug-likeness (QED) is 0.616. The van der Waals surface area contributed by atoms with E-state index < -0.39 is 0 Å². The third-order valence-corrected chi connectivity index (χ3v) is 5.26. The van der Waals surface area contributed by atoms with Gasteiger partial charge in [0, 0.05) is 43.4 Å². The molecule has 3 N–H and O–H groups in total. The Labute approximate surface area is 154 Å². The fourth-order valence-corrected chi connectivity index (χ4v) is 3.25. The Hall–Kier alpha value is -1.95. The molecule has 6 nitrogen and oxygen atoms in total. The average molecular weight is 364 g/mol. The van der Waals surface area contributed by atoms with Crippen LogP contribution in [0.1, 0.15) is 19.3 Å². The monoisotopic (exact) mass is 363 g/mol. The van der Waals surface area contributed by atoms with Crippen LogP contribution in [0.5, 0.6) is 0 Å². The zero-order valence-corrected chi connectivity index (χ0v) is 15.2. The Morgan fingerprint density at radius 1 is 1.20 bits per heavy atom. The molecule has 1 amide bonds. The number of benzene rings is 1. The standard InChI is InChI=1S/C18H26ClN5O/c19-15-4-6-16(7-5-15)23-8-10-24(11-9-23)17(25)13-22-18(20)21-12-14-2-1-3-14/h4-7,14H,1-3,8-13H2,(H3,20,21,22). The van der Waals surface area contributed by atoms with Crippen LogP contribution in [0.2, 0.25) is 5.02 Å². The van der Waals surface area contributed by atoms with Gasteiger partial charge >= 0.3 is 0 Å². The van der Waals surface area contributed by atoms with E-state index in [0.717, 1.165) is 30.3 Å². The van der Waals surface area contributed by atoms with Crippen LogP contribution >= 0.6 is 11.6 Å². The molecule has 136 valence electrons. The number of amides is 1. The SMILES string of the molecule is NC(=NCC(=O)N1CCN(c2ccc(Cl)cc2)CC1)NCC1CCC1. The second kappa shape index (κ2) is 8.43. The minimum Gasteiger partial charge on any atom is -0.370 e. The van der Waals surface area contributed by atoms with Crippen LogP contribution in [0.25, 0.3) is 0 Å². The molecule has 1 saturated carbocycles. The van der Waals surface area contributed by atoms with E-state index in [2.05, 4.69) is 15.2 Å². The van der Waals surface area contributed by atoms with Crippen molar-refractivity contribution >= 4 is 29.2 Å². The van der Waals surface area contributed by atoms with Crippen LogP contribution in [0.15, 0.2) is 29.3 Å². The highest BCUT2D eigenvalue weighted by atomic mass is 35.5. The van der Waals surface area contributed by atoms with Crippen LogP contribution in [0, 0.1) is 5.92 Å². The number of halogens is 1. The summed E-state index contributed by atoms with van der Waals surface area (Å²) in [5, 5.41) is 3.85. The number of hydrogen-bond acceptors (Lipinski definition) is 3. The van der Waals surface area contributed by atoms with Crippen molar-refractivity contribution in [3.05, 3.63) is 29.3 Å². The minimum absolute atomic E-state index is 0.0316. The molecule has 0 radical (unpaired) electrons. The van der Waals surface area contributed by atoms with Gasteiger partial charge in [0.1, 0.15) is 6.54 Å². The molecule has 1 aliphatic heterocycles. The third kappa shape index (κ3) is 5.01. The van der Waals surface area contributed by atoms with Gasteiger partial charge in [-0.3, -0.25) is 4.79 Å². The number of nitrogens with two attached hydrogens (primary N) is 1. The van der Waals surface area contributed by atoms with Crippen molar-refractivity contribution in [2.45, 2.75) is 19.3 Å². The molecule has 7 heteroatoms. The lowest BCUT2D eigenvalue weighted by Gasteiger charge is -2.36. The first kappa shape index (κ1) is 17.9. The van der Waals surface area contributed by atoms with Crippen molar-refractivity contribution in [3.8, 4) is 0 Å². The summed E-state index contributed by atoms with van der Waals surface area (Å²) in [7, 11) is 0. The molecule has 1 heterocycles. The van der Waals surface area contributed by atoms with Gasteiger partial charge in [0.15, 0.2) is 5.96 Å². The number of nitrogens with zero attached hydrogens (tertiary/aromatic N) is 3. The summed E-state index contributed by atoms with van der Waals surface area (Å²) in [6, 6.07) is 7.81. The van der Waals surface area contributed by atoms with Crippen molar-refractivity contribution < 1.29 is 4.79 Å². The van der Waals surface area contributed by atoms with Crippen molar-refractivity contribution in [1.82, 2.24) is 10.2 Å². The molecule has 3 rings (SSSR count). The van der Waals surface area contributed by atoms with Crippen LogP contribution in [-0.2, 0) is 4.79 Å². The van der Waals surface area contributed by atoms with Gasteiger partial charge in [0.25, 0.3) is 0 Å². The largest absolute Gasteiger partial charge is 0.370 e. The Morgan fingerprint density at radius 2 is 1.88 bits per heavy atom. The summed E-state index contributed by atoms with van der Waals surface area (Å²) in [6.45, 7) is 4.01. The van der Waals surface area contributed by atoms with Gasteiger partial charge in [-0.15, -0.1) is 0 Å². The lowest BCUT2D eigenvalue weighted by Crippen LogP contribution is -2.49. The first-order chi connectivity index (χ1) is 12.1. The fraction of sp³-hybridized carbons (Fsp3) is 0.556. The number of nitrogens with one attached hydrogen (secondary N) is 1. The summed E-state index contributed by atoms with van der Waals surface area (Å²) in [5.41, 5.74) is 6.98. The number of guanidine groups is 1. The molecule has 0 unspecified atom stereocenters. The molecule has 0 bridgehead atoms. The molecule has 1 aromatic carbocycles. The zero-order chi connectivity index (χ0) is 17.6. The average Bonchev–Trinajstić information content (AvgIpc) is 2.59. The summed E-state index contributed by atoms with van der Waals surface area (Å²) in [6.07, 6.45) is 3.83. The van der Waals surface area contributed by atoms with Gasteiger partial charge in [-0.2, -0.15) is 0 Å². The fourth-order valence-electron chi connectivity index (χ4n) is 3.12. The number of aliphatic imine (C=N–C) groups is 1. The van der Waals surface area contributed by atoms with Crippen molar-refractivity contribution in [3.63, 3.8) is 0 Å². The number of piperazine rings is 1. The second-order valence-electron chi connectivity index (χ2n) is 6.72. The highest BCUT2D eigenvalue weighted by Crippen LogP contribution is 2.25. The number of hydrogen-bond donors (Lipinski definition) is 2. The van der Waals surface area contributed by atoms with Gasteiger partial charge in [0.05, 0.1) is 0 Å². The van der Waals surface area contributed by atoms with Crippen molar-refractivity contribution in [1.29, 1.82) is 0 Å². The number of rotatable bonds is 5. The Morgan fingerprint density at radius 3 is 2.48 bits per heavy atom. The van der Waals surface area contributed by atoms with Gasteiger partial charge < -0.3 is 20.9 Å². The smallest absolute Gasteiger partial charge is 0.244 e. The van der Waals surface area contributed by atoms with E-state index in [1.54, 1.807) is 0 Å². The van der Waals surface area contributed by atoms with E-state index in [0.29, 0.717) is 25.0 Å². The second-order valence-corrected chi connectivity index (χ2v) is 7.16. The van der Waals surface area contributed by atoms with Crippen LogP contribution < -0.4 is 16.0 Å². The highest BCUT2D eigenvalue weighted by Gasteiger charge is 2.21. The molecule has 1 aliphatic carbocycles. The summed E-state index contributed by atoms with van der Waals surface area (Å²) in [5.74, 6) is 1.12.